The fourth-order valence-corrected chi connectivity index (χ4v) is 4.10. The molecule has 3 rings (SSSR count). The topological polar surface area (TPSA) is 160 Å². The predicted molar refractivity (Wildman–Crippen MR) is 149 cm³/mol. The van der Waals surface area contributed by atoms with Crippen LogP contribution in [0.1, 0.15) is 23.6 Å². The first-order chi connectivity index (χ1) is 21.0. The number of methoxy groups -OCH3 is 7. The third kappa shape index (κ3) is 12.3. The molecule has 0 aliphatic heterocycles. The summed E-state index contributed by atoms with van der Waals surface area (Å²) in [6.07, 6.45) is 6.24. The van der Waals surface area contributed by atoms with E-state index in [1.807, 2.05) is 33.7 Å². The Bertz CT molecular complexity index is 1180. The van der Waals surface area contributed by atoms with Crippen LogP contribution in [0.15, 0.2) is 36.9 Å². The fourth-order valence-electron chi connectivity index (χ4n) is 4.10. The van der Waals surface area contributed by atoms with Gasteiger partial charge in [0.1, 0.15) is 11.6 Å². The molecule has 15 nitrogen and oxygen atoms in total. The van der Waals surface area contributed by atoms with Crippen molar-refractivity contribution in [1.29, 1.82) is 0 Å². The van der Waals surface area contributed by atoms with E-state index in [0.717, 1.165) is 17.2 Å². The molecule has 1 radical (unpaired) electrons. The summed E-state index contributed by atoms with van der Waals surface area (Å²) in [5.74, 6) is 3.33. The van der Waals surface area contributed by atoms with Crippen LogP contribution in [0.3, 0.4) is 0 Å². The van der Waals surface area contributed by atoms with E-state index in [-0.39, 0.29) is 26.7 Å². The van der Waals surface area contributed by atoms with Crippen molar-refractivity contribution >= 4 is 6.79 Å². The number of rotatable bonds is 16. The van der Waals surface area contributed by atoms with Crippen molar-refractivity contribution in [2.75, 3.05) is 49.8 Å². The van der Waals surface area contributed by atoms with Crippen molar-refractivity contribution < 1.29 is 67.7 Å². The first-order valence-electron chi connectivity index (χ1n) is 12.3. The van der Waals surface area contributed by atoms with Gasteiger partial charge in [-0.2, -0.15) is 0 Å². The molecule has 16 heteroatoms. The molecule has 2 heterocycles. The van der Waals surface area contributed by atoms with Crippen LogP contribution in [0, 0.1) is 13.3 Å². The summed E-state index contributed by atoms with van der Waals surface area (Å²) in [5, 5.41) is 0. The van der Waals surface area contributed by atoms with Crippen LogP contribution < -0.4 is 14.2 Å². The molecule has 0 atom stereocenters. The number of aromatic nitrogens is 4. The molecule has 44 heavy (non-hydrogen) atoms. The van der Waals surface area contributed by atoms with E-state index in [1.54, 1.807) is 62.2 Å². The SMILES string of the molecule is COc1cc(CN(Cc2nccn2CC(OC)OC)Cc2nccn2C(OC)OC)cc(OC)c1OC.[C-]#[O+].[C-]#[O+].[CH-]=O.[Re]. The van der Waals surface area contributed by atoms with Crippen molar-refractivity contribution in [3.8, 4) is 17.2 Å². The van der Waals surface area contributed by atoms with E-state index < -0.39 is 6.41 Å². The van der Waals surface area contributed by atoms with Crippen LogP contribution in [0.5, 0.6) is 17.2 Å². The van der Waals surface area contributed by atoms with Crippen LogP contribution >= 0.6 is 0 Å². The van der Waals surface area contributed by atoms with Gasteiger partial charge in [-0.05, 0) is 17.7 Å². The number of ether oxygens (including phenoxy) is 7. The van der Waals surface area contributed by atoms with Crippen LogP contribution in [0.25, 0.3) is 0 Å². The van der Waals surface area contributed by atoms with Crippen molar-refractivity contribution in [3.05, 3.63) is 67.4 Å². The maximum Gasteiger partial charge on any atom is 0 e. The van der Waals surface area contributed by atoms with E-state index in [0.29, 0.717) is 43.4 Å². The molecular weight excluding hydrogens is 753 g/mol. The van der Waals surface area contributed by atoms with Gasteiger partial charge in [0.05, 0.1) is 41.0 Å². The maximum atomic E-state index is 7.75. The molecule has 0 amide bonds. The number of hydrogen-bond acceptors (Lipinski definition) is 11. The molecular formula is C28H38N5O10Re-. The molecule has 0 N–H and O–H groups in total. The minimum atomic E-state index is -0.591. The molecule has 1 aromatic carbocycles. The second-order valence-corrected chi connectivity index (χ2v) is 8.10. The molecule has 0 bridgehead atoms. The Balaban J connectivity index is 0. The Kier molecular flexibility index (Phi) is 24.3. The van der Waals surface area contributed by atoms with Crippen molar-refractivity contribution in [3.63, 3.8) is 0 Å². The molecule has 243 valence electrons. The average molecular weight is 791 g/mol. The van der Waals surface area contributed by atoms with E-state index >= 15 is 0 Å². The summed E-state index contributed by atoms with van der Waals surface area (Å²) in [6.45, 7) is 14.3. The zero-order valence-electron chi connectivity index (χ0n) is 25.7. The van der Waals surface area contributed by atoms with Gasteiger partial charge in [0.25, 0.3) is 0 Å². The minimum absolute atomic E-state index is 0. The quantitative estimate of drug-likeness (QED) is 0.0908. The van der Waals surface area contributed by atoms with Crippen LogP contribution in [0.2, 0.25) is 0 Å². The Morgan fingerprint density at radius 1 is 0.773 bits per heavy atom. The van der Waals surface area contributed by atoms with Gasteiger partial charge < -0.3 is 42.5 Å². The summed E-state index contributed by atoms with van der Waals surface area (Å²) in [5.41, 5.74) is 0.965. The maximum absolute atomic E-state index is 7.75. The molecule has 0 fully saturated rings. The third-order valence-corrected chi connectivity index (χ3v) is 5.91. The van der Waals surface area contributed by atoms with E-state index in [4.69, 9.17) is 47.3 Å². The standard InChI is InChI=1S/C25H37N5O7.CHO.2CO.Re/c1-31-19-12-18(13-20(32-2)24(19)35-5)14-28(16-22-27-9-11-30(22)25(36-6)37-7)15-21-26-8-10-29(21)17-23(33-3)34-4;3*1-2;/h8-13,23,25H,14-17H2,1-7H3;1H;;;/q;-1;;;. The summed E-state index contributed by atoms with van der Waals surface area (Å²) in [6, 6.07) is 3.87. The van der Waals surface area contributed by atoms with Crippen LogP contribution in [0.4, 0.5) is 0 Å². The van der Waals surface area contributed by atoms with E-state index in [2.05, 4.69) is 35.0 Å². The summed E-state index contributed by atoms with van der Waals surface area (Å²) >= 11 is 0. The van der Waals surface area contributed by atoms with Crippen LogP contribution in [-0.4, -0.2) is 86.8 Å². The number of nitrogens with zero attached hydrogens (tertiary/aromatic N) is 5. The summed E-state index contributed by atoms with van der Waals surface area (Å²) in [4.78, 5) is 19.1. The van der Waals surface area contributed by atoms with Gasteiger partial charge in [-0.15, -0.1) is 0 Å². The van der Waals surface area contributed by atoms with E-state index in [9.17, 15) is 0 Å². The van der Waals surface area contributed by atoms with Gasteiger partial charge >= 0.3 is 22.6 Å². The fraction of sp³-hybridized carbons (Fsp3) is 0.464. The molecule has 3 aromatic rings. The summed E-state index contributed by atoms with van der Waals surface area (Å²) in [7, 11) is 11.2. The smallest absolute Gasteiger partial charge is 0 e. The first kappa shape index (κ1) is 42.8. The Labute approximate surface area is 271 Å². The minimum Gasteiger partial charge on any atom is -0.545 e. The molecule has 2 aromatic heterocycles. The molecule has 0 aliphatic rings. The molecule has 0 spiro atoms. The first-order valence-corrected chi connectivity index (χ1v) is 12.3. The number of hydrogen-bond donors (Lipinski definition) is 0. The van der Waals surface area contributed by atoms with Crippen molar-refractivity contribution in [2.45, 2.75) is 38.9 Å². The number of imidazole rings is 2. The monoisotopic (exact) mass is 791 g/mol. The van der Waals surface area contributed by atoms with E-state index in [1.165, 1.54) is 0 Å². The van der Waals surface area contributed by atoms with Crippen LogP contribution in [-0.2, 0) is 79.6 Å². The number of carbonyl (C=O) groups excluding carboxylic acids is 1. The number of benzene rings is 1. The zero-order chi connectivity index (χ0) is 32.8. The largest absolute Gasteiger partial charge is 0.545 e. The predicted octanol–water partition coefficient (Wildman–Crippen LogP) is 2.32. The summed E-state index contributed by atoms with van der Waals surface area (Å²) < 4.78 is 57.2. The van der Waals surface area contributed by atoms with Gasteiger partial charge in [0.2, 0.25) is 12.2 Å². The van der Waals surface area contributed by atoms with Crippen molar-refractivity contribution in [1.82, 2.24) is 24.0 Å². The molecule has 0 saturated heterocycles. The average Bonchev–Trinajstić information content (AvgIpc) is 3.71. The second kappa shape index (κ2) is 25.0. The zero-order valence-corrected chi connectivity index (χ0v) is 28.4. The van der Waals surface area contributed by atoms with Gasteiger partial charge in [-0.3, -0.25) is 16.3 Å². The third-order valence-electron chi connectivity index (χ3n) is 5.91. The Morgan fingerprint density at radius 3 is 1.75 bits per heavy atom. The van der Waals surface area contributed by atoms with Gasteiger partial charge in [0, 0.05) is 80.2 Å². The van der Waals surface area contributed by atoms with Gasteiger partial charge in [-0.25, -0.2) is 9.97 Å². The Morgan fingerprint density at radius 2 is 1.27 bits per heavy atom. The van der Waals surface area contributed by atoms with Gasteiger partial charge in [0.15, 0.2) is 17.8 Å². The van der Waals surface area contributed by atoms with Gasteiger partial charge in [-0.1, -0.05) is 0 Å². The van der Waals surface area contributed by atoms with Crippen molar-refractivity contribution in [2.24, 2.45) is 0 Å². The Hall–Kier alpha value is -3.35. The molecule has 0 unspecified atom stereocenters. The molecule has 0 aliphatic carbocycles. The molecule has 0 saturated carbocycles. The second-order valence-electron chi connectivity index (χ2n) is 8.10. The normalized spacial score (nSPS) is 9.95.